The van der Waals surface area contributed by atoms with E-state index >= 15 is 0 Å². The lowest BCUT2D eigenvalue weighted by molar-refractivity contribution is 0.221. The van der Waals surface area contributed by atoms with Gasteiger partial charge in [0.2, 0.25) is 0 Å². The molecule has 2 aromatic rings. The summed E-state index contributed by atoms with van der Waals surface area (Å²) in [6.45, 7) is 3.47. The normalized spacial score (nSPS) is 12.1. The average Bonchev–Trinajstić information content (AvgIpc) is 2.36. The molecule has 0 aliphatic rings. The number of hydrogen-bond donors (Lipinski definition) is 1. The van der Waals surface area contributed by atoms with Crippen molar-refractivity contribution in [1.29, 1.82) is 5.26 Å². The Morgan fingerprint density at radius 1 is 1.47 bits per heavy atom. The summed E-state index contributed by atoms with van der Waals surface area (Å²) < 4.78 is 0. The highest BCUT2D eigenvalue weighted by Gasteiger charge is 2.16. The van der Waals surface area contributed by atoms with Crippen molar-refractivity contribution in [3.63, 3.8) is 0 Å². The summed E-state index contributed by atoms with van der Waals surface area (Å²) in [7, 11) is 0. The molecule has 1 N–H and O–H groups in total. The first kappa shape index (κ1) is 11.6. The van der Waals surface area contributed by atoms with Gasteiger partial charge in [0.25, 0.3) is 0 Å². The van der Waals surface area contributed by atoms with Crippen molar-refractivity contribution in [3.8, 4) is 6.07 Å². The van der Waals surface area contributed by atoms with Crippen LogP contribution in [-0.2, 0) is 0 Å². The average molecular weight is 245 g/mol. The highest BCUT2D eigenvalue weighted by atomic mass is 35.5. The van der Waals surface area contributed by atoms with Crippen LogP contribution in [0.3, 0.4) is 0 Å². The van der Waals surface area contributed by atoms with Crippen molar-refractivity contribution >= 4 is 22.5 Å². The van der Waals surface area contributed by atoms with Crippen LogP contribution in [0.2, 0.25) is 5.15 Å². The van der Waals surface area contributed by atoms with E-state index in [1.807, 2.05) is 30.3 Å². The van der Waals surface area contributed by atoms with Gasteiger partial charge in [-0.15, -0.1) is 0 Å². The summed E-state index contributed by atoms with van der Waals surface area (Å²) in [4.78, 5) is 4.17. The molecule has 1 unspecified atom stereocenters. The van der Waals surface area contributed by atoms with Crippen molar-refractivity contribution in [3.05, 3.63) is 53.2 Å². The first-order chi connectivity index (χ1) is 8.13. The summed E-state index contributed by atoms with van der Waals surface area (Å²) in [5.74, 6) is 0. The summed E-state index contributed by atoms with van der Waals surface area (Å²) in [6, 6.07) is 10.9. The van der Waals surface area contributed by atoms with Crippen molar-refractivity contribution in [1.82, 2.24) is 4.98 Å². The van der Waals surface area contributed by atoms with Crippen LogP contribution in [0, 0.1) is 11.3 Å². The smallest absolute Gasteiger partial charge is 0.135 e. The number of halogens is 1. The van der Waals surface area contributed by atoms with Crippen molar-refractivity contribution in [2.45, 2.75) is 6.10 Å². The number of fused-ring (bicyclic) bond motifs is 1. The molecule has 0 aliphatic carbocycles. The number of hydrogen-bond acceptors (Lipinski definition) is 3. The number of aliphatic hydroxyl groups excluding tert-OH is 1. The minimum absolute atomic E-state index is 0.0454. The fourth-order valence-corrected chi connectivity index (χ4v) is 1.80. The second kappa shape index (κ2) is 4.54. The fourth-order valence-electron chi connectivity index (χ4n) is 1.55. The molecular weight excluding hydrogens is 236 g/mol. The molecule has 0 fully saturated rings. The zero-order valence-corrected chi connectivity index (χ0v) is 9.65. The van der Waals surface area contributed by atoms with E-state index in [1.165, 1.54) is 0 Å². The minimum atomic E-state index is -1.11. The maximum absolute atomic E-state index is 9.88. The molecule has 0 spiro atoms. The van der Waals surface area contributed by atoms with Crippen LogP contribution < -0.4 is 0 Å². The molecule has 2 rings (SSSR count). The Balaban J connectivity index is 2.59. The summed E-state index contributed by atoms with van der Waals surface area (Å²) in [5, 5.41) is 19.6. The monoisotopic (exact) mass is 244 g/mol. The number of aliphatic hydroxyl groups is 1. The highest BCUT2D eigenvalue weighted by molar-refractivity contribution is 6.30. The second-order valence-electron chi connectivity index (χ2n) is 3.60. The molecule has 84 valence electrons. The number of pyridine rings is 1. The standard InChI is InChI=1S/C13H9ClN2O/c1-8(7-15)12(17)10-6-9-4-2-3-5-11(9)16-13(10)14/h2-6,12,17H,1H2. The van der Waals surface area contributed by atoms with Gasteiger partial charge in [0.1, 0.15) is 11.3 Å². The van der Waals surface area contributed by atoms with Gasteiger partial charge in [0.15, 0.2) is 0 Å². The molecule has 0 bridgehead atoms. The molecule has 0 saturated heterocycles. The van der Waals surface area contributed by atoms with E-state index in [2.05, 4.69) is 11.6 Å². The maximum Gasteiger partial charge on any atom is 0.135 e. The van der Waals surface area contributed by atoms with Crippen LogP contribution in [-0.4, -0.2) is 10.1 Å². The Hall–Kier alpha value is -1.89. The van der Waals surface area contributed by atoms with Gasteiger partial charge in [-0.2, -0.15) is 5.26 Å². The van der Waals surface area contributed by atoms with Gasteiger partial charge in [0, 0.05) is 10.9 Å². The zero-order chi connectivity index (χ0) is 12.4. The van der Waals surface area contributed by atoms with Gasteiger partial charge in [0.05, 0.1) is 17.2 Å². The Bertz CT molecular complexity index is 631. The summed E-state index contributed by atoms with van der Waals surface area (Å²) >= 11 is 5.98. The Morgan fingerprint density at radius 2 is 2.18 bits per heavy atom. The second-order valence-corrected chi connectivity index (χ2v) is 3.96. The number of para-hydroxylation sites is 1. The van der Waals surface area contributed by atoms with E-state index in [1.54, 1.807) is 6.07 Å². The molecule has 0 amide bonds. The van der Waals surface area contributed by atoms with Crippen molar-refractivity contribution in [2.24, 2.45) is 0 Å². The van der Waals surface area contributed by atoms with Gasteiger partial charge >= 0.3 is 0 Å². The Morgan fingerprint density at radius 3 is 2.88 bits per heavy atom. The lowest BCUT2D eigenvalue weighted by Crippen LogP contribution is -2.01. The molecule has 0 aliphatic heterocycles. The number of benzene rings is 1. The SMILES string of the molecule is C=C(C#N)C(O)c1cc2ccccc2nc1Cl. The molecule has 3 nitrogen and oxygen atoms in total. The number of aromatic nitrogens is 1. The third kappa shape index (κ3) is 2.14. The van der Waals surface area contributed by atoms with E-state index < -0.39 is 6.10 Å². The predicted octanol–water partition coefficient (Wildman–Crippen LogP) is 3.00. The number of nitriles is 1. The molecule has 1 aromatic heterocycles. The largest absolute Gasteiger partial charge is 0.383 e. The lowest BCUT2D eigenvalue weighted by atomic mass is 10.0. The third-order valence-electron chi connectivity index (χ3n) is 2.47. The summed E-state index contributed by atoms with van der Waals surface area (Å²) in [5.41, 5.74) is 1.19. The van der Waals surface area contributed by atoms with E-state index in [0.29, 0.717) is 5.56 Å². The molecule has 1 heterocycles. The van der Waals surface area contributed by atoms with E-state index in [9.17, 15) is 5.11 Å². The molecule has 1 aromatic carbocycles. The van der Waals surface area contributed by atoms with E-state index in [-0.39, 0.29) is 10.7 Å². The van der Waals surface area contributed by atoms with Crippen LogP contribution in [0.4, 0.5) is 0 Å². The van der Waals surface area contributed by atoms with Gasteiger partial charge in [-0.3, -0.25) is 0 Å². The molecule has 4 heteroatoms. The molecular formula is C13H9ClN2O. The van der Waals surface area contributed by atoms with Crippen molar-refractivity contribution in [2.75, 3.05) is 0 Å². The van der Waals surface area contributed by atoms with Crippen LogP contribution in [0.15, 0.2) is 42.5 Å². The van der Waals surface area contributed by atoms with E-state index in [4.69, 9.17) is 16.9 Å². The third-order valence-corrected chi connectivity index (χ3v) is 2.78. The van der Waals surface area contributed by atoms with Gasteiger partial charge < -0.3 is 5.11 Å². The van der Waals surface area contributed by atoms with Crippen LogP contribution in [0.1, 0.15) is 11.7 Å². The molecule has 0 saturated carbocycles. The first-order valence-electron chi connectivity index (χ1n) is 4.95. The fraction of sp³-hybridized carbons (Fsp3) is 0.0769. The van der Waals surface area contributed by atoms with Gasteiger partial charge in [-0.05, 0) is 12.1 Å². The zero-order valence-electron chi connectivity index (χ0n) is 8.89. The molecule has 0 radical (unpaired) electrons. The van der Waals surface area contributed by atoms with Crippen LogP contribution in [0.5, 0.6) is 0 Å². The number of nitrogens with zero attached hydrogens (tertiary/aromatic N) is 2. The maximum atomic E-state index is 9.88. The Kier molecular flexibility index (Phi) is 3.10. The predicted molar refractivity (Wildman–Crippen MR) is 66.5 cm³/mol. The number of rotatable bonds is 2. The first-order valence-corrected chi connectivity index (χ1v) is 5.33. The topological polar surface area (TPSA) is 56.9 Å². The minimum Gasteiger partial charge on any atom is -0.383 e. The van der Waals surface area contributed by atoms with Crippen LogP contribution in [0.25, 0.3) is 10.9 Å². The van der Waals surface area contributed by atoms with Gasteiger partial charge in [-0.1, -0.05) is 36.4 Å². The highest BCUT2D eigenvalue weighted by Crippen LogP contribution is 2.28. The van der Waals surface area contributed by atoms with E-state index in [0.717, 1.165) is 10.9 Å². The summed E-state index contributed by atoms with van der Waals surface area (Å²) in [6.07, 6.45) is -1.11. The quantitative estimate of drug-likeness (QED) is 0.653. The molecule has 1 atom stereocenters. The Labute approximate surface area is 104 Å². The lowest BCUT2D eigenvalue weighted by Gasteiger charge is -2.11. The van der Waals surface area contributed by atoms with Crippen LogP contribution >= 0.6 is 11.6 Å². The van der Waals surface area contributed by atoms with Gasteiger partial charge in [-0.25, -0.2) is 4.98 Å². The van der Waals surface area contributed by atoms with Crippen molar-refractivity contribution < 1.29 is 5.11 Å². The molecule has 17 heavy (non-hydrogen) atoms.